The molecule has 2 aromatic rings. The van der Waals surface area contributed by atoms with Gasteiger partial charge in [0.05, 0.1) is 11.8 Å². The maximum atomic E-state index is 12.2. The maximum absolute atomic E-state index is 12.2. The Morgan fingerprint density at radius 2 is 2.00 bits per heavy atom. The quantitative estimate of drug-likeness (QED) is 0.841. The fraction of sp³-hybridized carbons (Fsp3) is 0.267. The first-order valence-electron chi connectivity index (χ1n) is 6.61. The average Bonchev–Trinajstić information content (AvgIpc) is 2.79. The van der Waals surface area contributed by atoms with E-state index in [-0.39, 0.29) is 5.91 Å². The first-order chi connectivity index (χ1) is 9.99. The van der Waals surface area contributed by atoms with Crippen LogP contribution in [-0.4, -0.2) is 27.6 Å². The molecule has 3 N–H and O–H groups in total. The minimum Gasteiger partial charge on any atom is -0.368 e. The highest BCUT2D eigenvalue weighted by molar-refractivity contribution is 5.98. The number of carbonyl (C=O) groups excluding carboxylic acids is 2. The van der Waals surface area contributed by atoms with Gasteiger partial charge in [0.2, 0.25) is 5.91 Å². The van der Waals surface area contributed by atoms with Gasteiger partial charge in [0, 0.05) is 19.2 Å². The number of hydrogen-bond acceptors (Lipinski definition) is 3. The van der Waals surface area contributed by atoms with Crippen LogP contribution >= 0.6 is 0 Å². The lowest BCUT2D eigenvalue weighted by Crippen LogP contribution is -2.45. The smallest absolute Gasteiger partial charge is 0.255 e. The van der Waals surface area contributed by atoms with Crippen LogP contribution in [0.3, 0.4) is 0 Å². The molecule has 0 fully saturated rings. The van der Waals surface area contributed by atoms with Gasteiger partial charge in [-0.1, -0.05) is 30.3 Å². The molecule has 1 unspecified atom stereocenters. The van der Waals surface area contributed by atoms with E-state index in [4.69, 9.17) is 5.73 Å². The third-order valence-corrected chi connectivity index (χ3v) is 3.41. The minimum atomic E-state index is -0.750. The van der Waals surface area contributed by atoms with E-state index < -0.39 is 11.9 Å². The molecule has 2 rings (SSSR count). The van der Waals surface area contributed by atoms with Crippen LogP contribution in [0.25, 0.3) is 0 Å². The average molecular weight is 286 g/mol. The Kier molecular flexibility index (Phi) is 4.37. The SMILES string of the molecule is Cc1c(C(=O)NC(Cc2ccccc2)C(N)=O)cnn1C. The van der Waals surface area contributed by atoms with Crippen molar-refractivity contribution in [2.24, 2.45) is 12.8 Å². The number of benzene rings is 1. The van der Waals surface area contributed by atoms with Gasteiger partial charge in [0.1, 0.15) is 6.04 Å². The Hall–Kier alpha value is -2.63. The number of primary amides is 1. The minimum absolute atomic E-state index is 0.347. The molecule has 1 aromatic carbocycles. The summed E-state index contributed by atoms with van der Waals surface area (Å²) in [7, 11) is 1.75. The van der Waals surface area contributed by atoms with Gasteiger partial charge in [0.25, 0.3) is 5.91 Å². The Balaban J connectivity index is 2.11. The lowest BCUT2D eigenvalue weighted by Gasteiger charge is -2.15. The topological polar surface area (TPSA) is 90.0 Å². The van der Waals surface area contributed by atoms with E-state index in [0.717, 1.165) is 11.3 Å². The number of aromatic nitrogens is 2. The first kappa shape index (κ1) is 14.8. The Bertz CT molecular complexity index is 649. The van der Waals surface area contributed by atoms with Crippen molar-refractivity contribution in [2.75, 3.05) is 0 Å². The van der Waals surface area contributed by atoms with Gasteiger partial charge in [-0.3, -0.25) is 14.3 Å². The van der Waals surface area contributed by atoms with E-state index in [1.54, 1.807) is 18.7 Å². The second kappa shape index (κ2) is 6.21. The van der Waals surface area contributed by atoms with Crippen molar-refractivity contribution in [1.29, 1.82) is 0 Å². The standard InChI is InChI=1S/C15H18N4O2/c1-10-12(9-17-19(10)2)15(21)18-13(14(16)20)8-11-6-4-3-5-7-11/h3-7,9,13H,8H2,1-2H3,(H2,16,20)(H,18,21). The molecule has 0 saturated carbocycles. The van der Waals surface area contributed by atoms with Crippen LogP contribution in [0, 0.1) is 6.92 Å². The molecule has 2 amide bonds. The number of amides is 2. The van der Waals surface area contributed by atoms with Gasteiger partial charge in [-0.05, 0) is 12.5 Å². The summed E-state index contributed by atoms with van der Waals surface area (Å²) < 4.78 is 1.60. The third-order valence-electron chi connectivity index (χ3n) is 3.41. The van der Waals surface area contributed by atoms with E-state index >= 15 is 0 Å². The Labute approximate surface area is 122 Å². The van der Waals surface area contributed by atoms with Gasteiger partial charge in [-0.15, -0.1) is 0 Å². The number of nitrogens with two attached hydrogens (primary N) is 1. The van der Waals surface area contributed by atoms with Crippen LogP contribution in [0.2, 0.25) is 0 Å². The monoisotopic (exact) mass is 286 g/mol. The van der Waals surface area contributed by atoms with Crippen molar-refractivity contribution >= 4 is 11.8 Å². The van der Waals surface area contributed by atoms with Gasteiger partial charge in [-0.2, -0.15) is 5.10 Å². The fourth-order valence-electron chi connectivity index (χ4n) is 2.03. The van der Waals surface area contributed by atoms with E-state index in [1.807, 2.05) is 30.3 Å². The summed E-state index contributed by atoms with van der Waals surface area (Å²) in [5.41, 5.74) is 7.49. The van der Waals surface area contributed by atoms with Gasteiger partial charge < -0.3 is 11.1 Å². The summed E-state index contributed by atoms with van der Waals surface area (Å²) in [5.74, 6) is -0.908. The molecule has 0 saturated heterocycles. The van der Waals surface area contributed by atoms with E-state index in [2.05, 4.69) is 10.4 Å². The van der Waals surface area contributed by atoms with Crippen LogP contribution in [0.4, 0.5) is 0 Å². The normalized spacial score (nSPS) is 11.9. The zero-order chi connectivity index (χ0) is 15.4. The molecule has 0 radical (unpaired) electrons. The van der Waals surface area contributed by atoms with Crippen molar-refractivity contribution in [3.63, 3.8) is 0 Å². The molecule has 0 spiro atoms. The molecular weight excluding hydrogens is 268 g/mol. The third kappa shape index (κ3) is 3.47. The van der Waals surface area contributed by atoms with Crippen LogP contribution in [0.1, 0.15) is 21.6 Å². The highest BCUT2D eigenvalue weighted by Gasteiger charge is 2.21. The van der Waals surface area contributed by atoms with Crippen LogP contribution in [0.15, 0.2) is 36.5 Å². The molecule has 6 heteroatoms. The van der Waals surface area contributed by atoms with E-state index in [9.17, 15) is 9.59 Å². The van der Waals surface area contributed by atoms with E-state index in [1.165, 1.54) is 6.20 Å². The van der Waals surface area contributed by atoms with Crippen LogP contribution in [-0.2, 0) is 18.3 Å². The molecule has 0 bridgehead atoms. The van der Waals surface area contributed by atoms with Gasteiger partial charge >= 0.3 is 0 Å². The van der Waals surface area contributed by atoms with Crippen molar-refractivity contribution in [1.82, 2.24) is 15.1 Å². The summed E-state index contributed by atoms with van der Waals surface area (Å²) in [4.78, 5) is 23.8. The number of nitrogens with zero attached hydrogens (tertiary/aromatic N) is 2. The molecule has 0 aliphatic carbocycles. The zero-order valence-corrected chi connectivity index (χ0v) is 12.0. The number of hydrogen-bond donors (Lipinski definition) is 2. The highest BCUT2D eigenvalue weighted by atomic mass is 16.2. The van der Waals surface area contributed by atoms with Crippen molar-refractivity contribution in [3.05, 3.63) is 53.3 Å². The van der Waals surface area contributed by atoms with Gasteiger partial charge in [0.15, 0.2) is 0 Å². The van der Waals surface area contributed by atoms with Crippen molar-refractivity contribution in [3.8, 4) is 0 Å². The molecule has 1 atom stereocenters. The molecule has 6 nitrogen and oxygen atoms in total. The maximum Gasteiger partial charge on any atom is 0.255 e. The number of rotatable bonds is 5. The summed E-state index contributed by atoms with van der Waals surface area (Å²) in [6.07, 6.45) is 1.84. The number of aryl methyl sites for hydroxylation is 1. The molecule has 1 aromatic heterocycles. The van der Waals surface area contributed by atoms with Crippen LogP contribution < -0.4 is 11.1 Å². The van der Waals surface area contributed by atoms with Crippen LogP contribution in [0.5, 0.6) is 0 Å². The Morgan fingerprint density at radius 3 is 2.52 bits per heavy atom. The highest BCUT2D eigenvalue weighted by Crippen LogP contribution is 2.08. The molecule has 0 aliphatic heterocycles. The second-order valence-corrected chi connectivity index (χ2v) is 4.89. The summed E-state index contributed by atoms with van der Waals surface area (Å²) in [6.45, 7) is 1.79. The summed E-state index contributed by atoms with van der Waals surface area (Å²) in [6, 6.07) is 8.66. The number of nitrogens with one attached hydrogen (secondary N) is 1. The first-order valence-corrected chi connectivity index (χ1v) is 6.61. The largest absolute Gasteiger partial charge is 0.368 e. The Morgan fingerprint density at radius 1 is 1.33 bits per heavy atom. The number of carbonyl (C=O) groups is 2. The molecule has 1 heterocycles. The molecule has 110 valence electrons. The second-order valence-electron chi connectivity index (χ2n) is 4.89. The molecule has 0 aliphatic rings. The lowest BCUT2D eigenvalue weighted by molar-refractivity contribution is -0.119. The van der Waals surface area contributed by atoms with E-state index in [0.29, 0.717) is 12.0 Å². The zero-order valence-electron chi connectivity index (χ0n) is 12.0. The molecule has 21 heavy (non-hydrogen) atoms. The van der Waals surface area contributed by atoms with Crippen molar-refractivity contribution in [2.45, 2.75) is 19.4 Å². The predicted octanol–water partition coefficient (Wildman–Crippen LogP) is 0.555. The van der Waals surface area contributed by atoms with Gasteiger partial charge in [-0.25, -0.2) is 0 Å². The molecular formula is C15H18N4O2. The fourth-order valence-corrected chi connectivity index (χ4v) is 2.03. The lowest BCUT2D eigenvalue weighted by atomic mass is 10.1. The predicted molar refractivity (Wildman–Crippen MR) is 78.5 cm³/mol. The van der Waals surface area contributed by atoms with Crippen molar-refractivity contribution < 1.29 is 9.59 Å². The summed E-state index contributed by atoms with van der Waals surface area (Å²) in [5, 5.41) is 6.68. The summed E-state index contributed by atoms with van der Waals surface area (Å²) >= 11 is 0.